The normalized spacial score (nSPS) is 9.72. The molecule has 1 rings (SSSR count). The van der Waals surface area contributed by atoms with Crippen LogP contribution in [-0.4, -0.2) is 54.7 Å². The van der Waals surface area contributed by atoms with E-state index in [1.807, 2.05) is 0 Å². The minimum Gasteiger partial charge on any atom is -0.464 e. The topological polar surface area (TPSA) is 84.4 Å². The van der Waals surface area contributed by atoms with Crippen LogP contribution in [0.1, 0.15) is 16.9 Å². The molecule has 0 saturated carbocycles. The van der Waals surface area contributed by atoms with Crippen molar-refractivity contribution in [3.05, 3.63) is 17.8 Å². The molecule has 0 fully saturated rings. The van der Waals surface area contributed by atoms with Gasteiger partial charge in [0.05, 0.1) is 7.11 Å². The van der Waals surface area contributed by atoms with Crippen LogP contribution >= 0.6 is 0 Å². The molecule has 7 nitrogen and oxygen atoms in total. The quantitative estimate of drug-likeness (QED) is 0.751. The first-order valence-corrected chi connectivity index (χ1v) is 5.40. The summed E-state index contributed by atoms with van der Waals surface area (Å²) in [6, 6.07) is 3.12. The zero-order valence-electron chi connectivity index (χ0n) is 10.6. The lowest BCUT2D eigenvalue weighted by molar-refractivity contribution is -0.128. The first-order chi connectivity index (χ1) is 8.54. The molecule has 0 aromatic carbocycles. The predicted molar refractivity (Wildman–Crippen MR) is 65.2 cm³/mol. The van der Waals surface area contributed by atoms with E-state index in [-0.39, 0.29) is 11.6 Å². The van der Waals surface area contributed by atoms with Gasteiger partial charge in [-0.2, -0.15) is 0 Å². The molecule has 0 unspecified atom stereocenters. The number of rotatable bonds is 5. The molecular weight excluding hydrogens is 236 g/mol. The highest BCUT2D eigenvalue weighted by atomic mass is 16.5. The van der Waals surface area contributed by atoms with Gasteiger partial charge in [0.2, 0.25) is 5.91 Å². The van der Waals surface area contributed by atoms with Gasteiger partial charge in [-0.3, -0.25) is 4.79 Å². The van der Waals surface area contributed by atoms with Crippen molar-refractivity contribution in [1.29, 1.82) is 0 Å². The number of carbonyl (C=O) groups is 2. The van der Waals surface area contributed by atoms with Crippen LogP contribution in [0.25, 0.3) is 0 Å². The molecule has 1 N–H and O–H groups in total. The molecule has 0 saturated heterocycles. The zero-order chi connectivity index (χ0) is 13.5. The lowest BCUT2D eigenvalue weighted by Crippen LogP contribution is -2.24. The van der Waals surface area contributed by atoms with Gasteiger partial charge < -0.3 is 15.0 Å². The second-order valence-corrected chi connectivity index (χ2v) is 3.76. The minimum absolute atomic E-state index is 0.0293. The SMILES string of the molecule is COC(=O)c1ccc(NCCC(=O)N(C)C)nn1. The van der Waals surface area contributed by atoms with E-state index in [2.05, 4.69) is 20.3 Å². The van der Waals surface area contributed by atoms with Gasteiger partial charge in [0.25, 0.3) is 0 Å². The van der Waals surface area contributed by atoms with E-state index in [0.717, 1.165) is 0 Å². The Labute approximate surface area is 105 Å². The van der Waals surface area contributed by atoms with Crippen molar-refractivity contribution in [2.24, 2.45) is 0 Å². The van der Waals surface area contributed by atoms with Crippen molar-refractivity contribution in [3.8, 4) is 0 Å². The van der Waals surface area contributed by atoms with E-state index in [0.29, 0.717) is 18.8 Å². The molecule has 1 aromatic heterocycles. The Balaban J connectivity index is 2.45. The summed E-state index contributed by atoms with van der Waals surface area (Å²) in [6.07, 6.45) is 0.368. The summed E-state index contributed by atoms with van der Waals surface area (Å²) in [5.74, 6) is 0.00712. The average molecular weight is 252 g/mol. The first kappa shape index (κ1) is 13.9. The Morgan fingerprint density at radius 2 is 2.06 bits per heavy atom. The van der Waals surface area contributed by atoms with Crippen LogP contribution in [0, 0.1) is 0 Å². The number of methoxy groups -OCH3 is 1. The number of esters is 1. The fourth-order valence-corrected chi connectivity index (χ4v) is 1.16. The van der Waals surface area contributed by atoms with Crippen molar-refractivity contribution in [1.82, 2.24) is 15.1 Å². The van der Waals surface area contributed by atoms with E-state index >= 15 is 0 Å². The molecule has 0 atom stereocenters. The maximum absolute atomic E-state index is 11.3. The van der Waals surface area contributed by atoms with E-state index in [9.17, 15) is 9.59 Å². The fourth-order valence-electron chi connectivity index (χ4n) is 1.16. The number of amides is 1. The molecule has 0 spiro atoms. The van der Waals surface area contributed by atoms with Crippen LogP contribution in [0.5, 0.6) is 0 Å². The average Bonchev–Trinajstić information content (AvgIpc) is 2.38. The highest BCUT2D eigenvalue weighted by Gasteiger charge is 2.08. The molecule has 1 heterocycles. The maximum atomic E-state index is 11.3. The second-order valence-electron chi connectivity index (χ2n) is 3.76. The molecule has 0 radical (unpaired) electrons. The summed E-state index contributed by atoms with van der Waals surface area (Å²) in [7, 11) is 4.68. The molecule has 98 valence electrons. The summed E-state index contributed by atoms with van der Waals surface area (Å²) < 4.78 is 4.50. The van der Waals surface area contributed by atoms with Gasteiger partial charge >= 0.3 is 5.97 Å². The molecular formula is C11H16N4O3. The Hall–Kier alpha value is -2.18. The van der Waals surface area contributed by atoms with Crippen LogP contribution < -0.4 is 5.32 Å². The number of ether oxygens (including phenoxy) is 1. The highest BCUT2D eigenvalue weighted by molar-refractivity contribution is 5.86. The maximum Gasteiger partial charge on any atom is 0.358 e. The van der Waals surface area contributed by atoms with Crippen molar-refractivity contribution < 1.29 is 14.3 Å². The summed E-state index contributed by atoms with van der Waals surface area (Å²) in [4.78, 5) is 23.9. The van der Waals surface area contributed by atoms with Gasteiger partial charge in [-0.15, -0.1) is 10.2 Å². The molecule has 1 amide bonds. The third-order valence-corrected chi connectivity index (χ3v) is 2.20. The Morgan fingerprint density at radius 1 is 1.33 bits per heavy atom. The number of carbonyl (C=O) groups excluding carboxylic acids is 2. The summed E-state index contributed by atoms with van der Waals surface area (Å²) >= 11 is 0. The van der Waals surface area contributed by atoms with Gasteiger partial charge in [0, 0.05) is 27.1 Å². The first-order valence-electron chi connectivity index (χ1n) is 5.40. The van der Waals surface area contributed by atoms with Crippen LogP contribution in [-0.2, 0) is 9.53 Å². The van der Waals surface area contributed by atoms with E-state index < -0.39 is 5.97 Å². The Kier molecular flexibility index (Phi) is 5.04. The number of anilines is 1. The van der Waals surface area contributed by atoms with Gasteiger partial charge in [-0.1, -0.05) is 0 Å². The number of nitrogens with zero attached hydrogens (tertiary/aromatic N) is 3. The summed E-state index contributed by atoms with van der Waals surface area (Å²) in [6.45, 7) is 0.462. The molecule has 18 heavy (non-hydrogen) atoms. The minimum atomic E-state index is -0.531. The van der Waals surface area contributed by atoms with E-state index in [4.69, 9.17) is 0 Å². The van der Waals surface area contributed by atoms with Crippen molar-refractivity contribution >= 4 is 17.7 Å². The summed E-state index contributed by atoms with van der Waals surface area (Å²) in [5, 5.41) is 10.4. The van der Waals surface area contributed by atoms with Gasteiger partial charge in [0.1, 0.15) is 5.82 Å². The Morgan fingerprint density at radius 3 is 2.56 bits per heavy atom. The lowest BCUT2D eigenvalue weighted by Gasteiger charge is -2.10. The van der Waals surface area contributed by atoms with Crippen LogP contribution in [0.3, 0.4) is 0 Å². The third kappa shape index (κ3) is 4.00. The second kappa shape index (κ2) is 6.53. The van der Waals surface area contributed by atoms with Crippen molar-refractivity contribution in [3.63, 3.8) is 0 Å². The van der Waals surface area contributed by atoms with Gasteiger partial charge in [-0.25, -0.2) is 4.79 Å². The molecule has 1 aromatic rings. The molecule has 7 heteroatoms. The van der Waals surface area contributed by atoms with Crippen LogP contribution in [0.4, 0.5) is 5.82 Å². The molecule has 0 aliphatic carbocycles. The highest BCUT2D eigenvalue weighted by Crippen LogP contribution is 2.03. The third-order valence-electron chi connectivity index (χ3n) is 2.20. The monoisotopic (exact) mass is 252 g/mol. The van der Waals surface area contributed by atoms with E-state index in [1.165, 1.54) is 18.1 Å². The fraction of sp³-hybridized carbons (Fsp3) is 0.455. The van der Waals surface area contributed by atoms with Gasteiger partial charge in [0.15, 0.2) is 5.69 Å². The molecule has 0 bridgehead atoms. The van der Waals surface area contributed by atoms with Gasteiger partial charge in [-0.05, 0) is 12.1 Å². The zero-order valence-corrected chi connectivity index (χ0v) is 10.6. The van der Waals surface area contributed by atoms with Crippen molar-refractivity contribution in [2.45, 2.75) is 6.42 Å². The molecule has 0 aliphatic heterocycles. The number of nitrogens with one attached hydrogen (secondary N) is 1. The van der Waals surface area contributed by atoms with Crippen molar-refractivity contribution in [2.75, 3.05) is 33.1 Å². The number of aromatic nitrogens is 2. The van der Waals surface area contributed by atoms with Crippen LogP contribution in [0.15, 0.2) is 12.1 Å². The standard InChI is InChI=1S/C11H16N4O3/c1-15(2)10(16)6-7-12-9-5-4-8(13-14-9)11(17)18-3/h4-5H,6-7H2,1-3H3,(H,12,14). The largest absolute Gasteiger partial charge is 0.464 e. The molecule has 0 aliphatic rings. The van der Waals surface area contributed by atoms with Crippen LogP contribution in [0.2, 0.25) is 0 Å². The Bertz CT molecular complexity index is 417. The number of hydrogen-bond acceptors (Lipinski definition) is 6. The predicted octanol–water partition coefficient (Wildman–Crippen LogP) is 0.153. The lowest BCUT2D eigenvalue weighted by atomic mass is 10.3. The summed E-state index contributed by atoms with van der Waals surface area (Å²) in [5.41, 5.74) is 0.146. The number of hydrogen-bond donors (Lipinski definition) is 1. The van der Waals surface area contributed by atoms with E-state index in [1.54, 1.807) is 20.2 Å². The smallest absolute Gasteiger partial charge is 0.358 e.